The van der Waals surface area contributed by atoms with E-state index in [1.54, 1.807) is 12.4 Å². The molecule has 1 spiro atoms. The summed E-state index contributed by atoms with van der Waals surface area (Å²) in [5.74, 6) is 0.302. The van der Waals surface area contributed by atoms with Gasteiger partial charge in [0, 0.05) is 42.4 Å². The zero-order valence-electron chi connectivity index (χ0n) is 13.0. The van der Waals surface area contributed by atoms with E-state index >= 15 is 0 Å². The minimum absolute atomic E-state index is 0.302. The largest absolute Gasteiger partial charge is 0.372 e. The van der Waals surface area contributed by atoms with Gasteiger partial charge in [0.1, 0.15) is 0 Å². The van der Waals surface area contributed by atoms with Crippen LogP contribution in [0.25, 0.3) is 22.0 Å². The van der Waals surface area contributed by atoms with Crippen molar-refractivity contribution in [1.82, 2.24) is 15.0 Å². The molecule has 0 amide bonds. The summed E-state index contributed by atoms with van der Waals surface area (Å²) in [5, 5.41) is 1.26. The molecule has 2 N–H and O–H groups in total. The maximum absolute atomic E-state index is 5.59. The predicted molar refractivity (Wildman–Crippen MR) is 91.4 cm³/mol. The molecule has 5 rings (SSSR count). The Balaban J connectivity index is 1.75. The molecule has 0 bridgehead atoms. The highest BCUT2D eigenvalue weighted by Gasteiger charge is 2.51. The second-order valence-corrected chi connectivity index (χ2v) is 6.72. The maximum Gasteiger partial charge on any atom is 0.219 e. The number of nitrogens with two attached hydrogens (primary N) is 1. The lowest BCUT2D eigenvalue weighted by atomic mass is 9.93. The third kappa shape index (κ3) is 1.76. The number of hydrogen-bond donors (Lipinski definition) is 1. The summed E-state index contributed by atoms with van der Waals surface area (Å²) in [4.78, 5) is 15.2. The fourth-order valence-corrected chi connectivity index (χ4v) is 3.87. The van der Waals surface area contributed by atoms with Crippen molar-refractivity contribution in [3.05, 3.63) is 42.4 Å². The summed E-state index contributed by atoms with van der Waals surface area (Å²) in [6.07, 6.45) is 8.13. The van der Waals surface area contributed by atoms with E-state index < -0.39 is 0 Å². The predicted octanol–water partition coefficient (Wildman–Crippen LogP) is 2.76. The number of hydrogen-bond acceptors (Lipinski definition) is 5. The molecule has 5 nitrogen and oxygen atoms in total. The number of anilines is 2. The molecule has 0 unspecified atom stereocenters. The van der Waals surface area contributed by atoms with Gasteiger partial charge in [-0.25, -0.2) is 9.97 Å². The van der Waals surface area contributed by atoms with Crippen molar-refractivity contribution in [1.29, 1.82) is 0 Å². The van der Waals surface area contributed by atoms with E-state index in [-0.39, 0.29) is 0 Å². The zero-order valence-corrected chi connectivity index (χ0v) is 13.0. The first-order valence-corrected chi connectivity index (χ1v) is 7.89. The zero-order chi connectivity index (χ0) is 15.6. The van der Waals surface area contributed by atoms with E-state index in [9.17, 15) is 0 Å². The lowest BCUT2D eigenvalue weighted by Crippen LogP contribution is -2.18. The van der Waals surface area contributed by atoms with Crippen molar-refractivity contribution >= 4 is 22.5 Å². The van der Waals surface area contributed by atoms with Crippen LogP contribution in [0.15, 0.2) is 36.8 Å². The van der Waals surface area contributed by atoms with Crippen LogP contribution in [-0.4, -0.2) is 28.5 Å². The van der Waals surface area contributed by atoms with Crippen molar-refractivity contribution in [2.45, 2.75) is 18.3 Å². The topological polar surface area (TPSA) is 67.9 Å². The number of nitrogens with zero attached hydrogens (tertiary/aromatic N) is 4. The van der Waals surface area contributed by atoms with Crippen LogP contribution in [0.2, 0.25) is 0 Å². The van der Waals surface area contributed by atoms with Gasteiger partial charge in [-0.1, -0.05) is 6.07 Å². The number of rotatable bonds is 1. The molecule has 1 aromatic carbocycles. The smallest absolute Gasteiger partial charge is 0.219 e. The monoisotopic (exact) mass is 303 g/mol. The van der Waals surface area contributed by atoms with E-state index in [2.05, 4.69) is 45.1 Å². The van der Waals surface area contributed by atoms with Gasteiger partial charge in [0.05, 0.1) is 17.4 Å². The Morgan fingerprint density at radius 3 is 2.57 bits per heavy atom. The fraction of sp³-hybridized carbons (Fsp3) is 0.278. The summed E-state index contributed by atoms with van der Waals surface area (Å²) >= 11 is 0. The Bertz CT molecular complexity index is 928. The Labute approximate surface area is 134 Å². The number of nitrogen functional groups attached to an aromatic ring is 1. The van der Waals surface area contributed by atoms with Crippen molar-refractivity contribution in [2.75, 3.05) is 24.2 Å². The van der Waals surface area contributed by atoms with E-state index in [1.807, 2.05) is 6.20 Å². The third-order valence-corrected chi connectivity index (χ3v) is 5.19. The quantitative estimate of drug-likeness (QED) is 0.748. The molecule has 2 aliphatic rings. The Kier molecular flexibility index (Phi) is 2.33. The average Bonchev–Trinajstić information content (AvgIpc) is 3.27. The van der Waals surface area contributed by atoms with Crippen LogP contribution < -0.4 is 10.6 Å². The molecule has 1 aliphatic carbocycles. The molecule has 1 saturated carbocycles. The second-order valence-electron chi connectivity index (χ2n) is 6.72. The standard InChI is InChI=1S/C18H17N5/c1-23-10-18(4-5-18)16-13-6-11(12-7-21-17(19)22-8-12)2-3-14(13)20-9-15(16)23/h2-3,6-9H,4-5,10H2,1H3,(H2,19,21,22). The molecule has 1 fully saturated rings. The first kappa shape index (κ1) is 12.8. The average molecular weight is 303 g/mol. The van der Waals surface area contributed by atoms with Gasteiger partial charge in [-0.05, 0) is 36.1 Å². The molecule has 0 atom stereocenters. The van der Waals surface area contributed by atoms with Gasteiger partial charge >= 0.3 is 0 Å². The highest BCUT2D eigenvalue weighted by molar-refractivity contribution is 5.93. The van der Waals surface area contributed by atoms with E-state index in [4.69, 9.17) is 5.73 Å². The van der Waals surface area contributed by atoms with Crippen LogP contribution in [0.1, 0.15) is 18.4 Å². The Hall–Kier alpha value is -2.69. The van der Waals surface area contributed by atoms with E-state index in [0.717, 1.165) is 23.2 Å². The summed E-state index contributed by atoms with van der Waals surface area (Å²) in [6, 6.07) is 6.40. The van der Waals surface area contributed by atoms with Crippen molar-refractivity contribution in [3.63, 3.8) is 0 Å². The van der Waals surface area contributed by atoms with Gasteiger partial charge in [0.2, 0.25) is 5.95 Å². The van der Waals surface area contributed by atoms with Gasteiger partial charge in [0.15, 0.2) is 0 Å². The summed E-state index contributed by atoms with van der Waals surface area (Å²) in [5.41, 5.74) is 11.8. The molecule has 0 radical (unpaired) electrons. The first-order chi connectivity index (χ1) is 11.2. The van der Waals surface area contributed by atoms with Crippen LogP contribution >= 0.6 is 0 Å². The van der Waals surface area contributed by atoms with Gasteiger partial charge in [0.25, 0.3) is 0 Å². The molecule has 23 heavy (non-hydrogen) atoms. The Morgan fingerprint density at radius 2 is 1.83 bits per heavy atom. The van der Waals surface area contributed by atoms with Gasteiger partial charge in [-0.15, -0.1) is 0 Å². The third-order valence-electron chi connectivity index (χ3n) is 5.19. The van der Waals surface area contributed by atoms with Crippen LogP contribution in [0.5, 0.6) is 0 Å². The molecular formula is C18H17N5. The van der Waals surface area contributed by atoms with Crippen molar-refractivity contribution in [2.24, 2.45) is 0 Å². The summed E-state index contributed by atoms with van der Waals surface area (Å²) in [7, 11) is 2.16. The molecule has 5 heteroatoms. The van der Waals surface area contributed by atoms with E-state index in [1.165, 1.54) is 29.5 Å². The van der Waals surface area contributed by atoms with Gasteiger partial charge < -0.3 is 10.6 Å². The highest BCUT2D eigenvalue weighted by atomic mass is 15.2. The molecule has 0 saturated heterocycles. The number of fused-ring (bicyclic) bond motifs is 4. The number of pyridine rings is 1. The molecule has 114 valence electrons. The van der Waals surface area contributed by atoms with Crippen molar-refractivity contribution in [3.8, 4) is 11.1 Å². The summed E-state index contributed by atoms with van der Waals surface area (Å²) in [6.45, 7) is 1.11. The molecule has 3 heterocycles. The lowest BCUT2D eigenvalue weighted by molar-refractivity contribution is 0.735. The van der Waals surface area contributed by atoms with Crippen molar-refractivity contribution < 1.29 is 0 Å². The fourth-order valence-electron chi connectivity index (χ4n) is 3.87. The van der Waals surface area contributed by atoms with Gasteiger partial charge in [-0.2, -0.15) is 0 Å². The van der Waals surface area contributed by atoms with Crippen LogP contribution in [0.3, 0.4) is 0 Å². The maximum atomic E-state index is 5.59. The lowest BCUT2D eigenvalue weighted by Gasteiger charge is -2.12. The second kappa shape index (κ2) is 4.19. The molecule has 1 aliphatic heterocycles. The number of likely N-dealkylation sites (N-methyl/N-ethyl adjacent to an activating group) is 1. The first-order valence-electron chi connectivity index (χ1n) is 7.89. The normalized spacial score (nSPS) is 17.7. The summed E-state index contributed by atoms with van der Waals surface area (Å²) < 4.78 is 0. The van der Waals surface area contributed by atoms with Gasteiger partial charge in [-0.3, -0.25) is 4.98 Å². The number of benzene rings is 1. The van der Waals surface area contributed by atoms with Crippen LogP contribution in [0.4, 0.5) is 11.6 Å². The number of aromatic nitrogens is 3. The van der Waals surface area contributed by atoms with E-state index in [0.29, 0.717) is 11.4 Å². The van der Waals surface area contributed by atoms with Crippen LogP contribution in [0, 0.1) is 0 Å². The molecular weight excluding hydrogens is 286 g/mol. The molecule has 2 aromatic heterocycles. The van der Waals surface area contributed by atoms with Crippen LogP contribution in [-0.2, 0) is 5.41 Å². The molecule has 3 aromatic rings. The minimum atomic E-state index is 0.302. The highest BCUT2D eigenvalue weighted by Crippen LogP contribution is 2.57. The SMILES string of the molecule is CN1CC2(CC2)c2c1cnc1ccc(-c3cnc(N)nc3)cc21. The minimum Gasteiger partial charge on any atom is -0.372 e. The Morgan fingerprint density at radius 1 is 1.04 bits per heavy atom.